The van der Waals surface area contributed by atoms with Crippen LogP contribution in [-0.4, -0.2) is 41.2 Å². The average Bonchev–Trinajstić information content (AvgIpc) is 3.10. The molecule has 1 N–H and O–H groups in total. The van der Waals surface area contributed by atoms with E-state index in [-0.39, 0.29) is 11.8 Å². The lowest BCUT2D eigenvalue weighted by Gasteiger charge is -2.33. The molecular weight excluding hydrogens is 316 g/mol. The van der Waals surface area contributed by atoms with Crippen molar-refractivity contribution in [1.29, 1.82) is 0 Å². The summed E-state index contributed by atoms with van der Waals surface area (Å²) in [5, 5.41) is 23.3. The zero-order chi connectivity index (χ0) is 16.2. The van der Waals surface area contributed by atoms with Crippen molar-refractivity contribution < 1.29 is 14.8 Å². The summed E-state index contributed by atoms with van der Waals surface area (Å²) in [4.78, 5) is 13.7. The number of thiophene rings is 1. The minimum atomic E-state index is -0.753. The fourth-order valence-electron chi connectivity index (χ4n) is 2.71. The number of aliphatic hydroxyl groups is 1. The maximum atomic E-state index is 10.8. The fraction of sp³-hybridized carbons (Fsp3) is 0.375. The Hall–Kier alpha value is -1.80. The maximum absolute atomic E-state index is 10.8. The van der Waals surface area contributed by atoms with E-state index in [9.17, 15) is 15.2 Å². The van der Waals surface area contributed by atoms with E-state index in [0.29, 0.717) is 25.3 Å². The molecule has 1 aliphatic heterocycles. The lowest BCUT2D eigenvalue weighted by molar-refractivity contribution is -0.385. The van der Waals surface area contributed by atoms with Crippen LogP contribution in [0.15, 0.2) is 41.8 Å². The lowest BCUT2D eigenvalue weighted by Crippen LogP contribution is -2.40. The van der Waals surface area contributed by atoms with Gasteiger partial charge in [-0.2, -0.15) is 0 Å². The SMILES string of the molecule is O=[N+]([O-])c1cccc(C(O)CN2CCOC(c3cccs3)C2)c1. The predicted octanol–water partition coefficient (Wildman–Crippen LogP) is 2.76. The number of ether oxygens (including phenoxy) is 1. The van der Waals surface area contributed by atoms with Crippen LogP contribution in [-0.2, 0) is 4.74 Å². The third-order valence-electron chi connectivity index (χ3n) is 3.91. The number of non-ortho nitro benzene ring substituents is 1. The lowest BCUT2D eigenvalue weighted by atomic mass is 10.1. The Bertz CT molecular complexity index is 662. The zero-order valence-corrected chi connectivity index (χ0v) is 13.3. The molecule has 1 aromatic heterocycles. The molecule has 1 aromatic carbocycles. The van der Waals surface area contributed by atoms with Crippen LogP contribution in [0.5, 0.6) is 0 Å². The molecule has 2 unspecified atom stereocenters. The Balaban J connectivity index is 1.64. The quantitative estimate of drug-likeness (QED) is 0.672. The Labute approximate surface area is 138 Å². The van der Waals surface area contributed by atoms with Crippen molar-refractivity contribution >= 4 is 17.0 Å². The molecule has 6 nitrogen and oxygen atoms in total. The molecule has 23 heavy (non-hydrogen) atoms. The third-order valence-corrected chi connectivity index (χ3v) is 4.87. The van der Waals surface area contributed by atoms with E-state index in [4.69, 9.17) is 4.74 Å². The second kappa shape index (κ2) is 7.18. The molecule has 2 aromatic rings. The third kappa shape index (κ3) is 3.94. The minimum Gasteiger partial charge on any atom is -0.387 e. The number of nitro groups is 1. The Morgan fingerprint density at radius 2 is 2.30 bits per heavy atom. The number of benzene rings is 1. The normalized spacial score (nSPS) is 20.3. The highest BCUT2D eigenvalue weighted by atomic mass is 32.1. The first-order valence-corrected chi connectivity index (χ1v) is 8.31. The predicted molar refractivity (Wildman–Crippen MR) is 87.5 cm³/mol. The van der Waals surface area contributed by atoms with Gasteiger partial charge in [0, 0.05) is 36.6 Å². The standard InChI is InChI=1S/C16H18N2O4S/c19-14(12-3-1-4-13(9-12)18(20)21)10-17-6-7-22-15(11-17)16-5-2-8-23-16/h1-5,8-9,14-15,19H,6-7,10-11H2. The molecule has 0 bridgehead atoms. The van der Waals surface area contributed by atoms with Crippen molar-refractivity contribution in [3.8, 4) is 0 Å². The summed E-state index contributed by atoms with van der Waals surface area (Å²) in [7, 11) is 0. The average molecular weight is 334 g/mol. The van der Waals surface area contributed by atoms with Gasteiger partial charge in [0.05, 0.1) is 17.6 Å². The van der Waals surface area contributed by atoms with Crippen molar-refractivity contribution in [2.24, 2.45) is 0 Å². The number of aliphatic hydroxyl groups excluding tert-OH is 1. The molecule has 0 saturated carbocycles. The first-order chi connectivity index (χ1) is 11.1. The summed E-state index contributed by atoms with van der Waals surface area (Å²) in [6, 6.07) is 10.2. The molecule has 1 aliphatic rings. The van der Waals surface area contributed by atoms with Gasteiger partial charge in [-0.25, -0.2) is 0 Å². The number of β-amino-alcohol motifs (C(OH)–C–C–N with tert-alkyl or cyclic N) is 1. The van der Waals surface area contributed by atoms with Crippen LogP contribution >= 0.6 is 11.3 Å². The Morgan fingerprint density at radius 3 is 3.04 bits per heavy atom. The fourth-order valence-corrected chi connectivity index (χ4v) is 3.48. The smallest absolute Gasteiger partial charge is 0.269 e. The van der Waals surface area contributed by atoms with E-state index in [1.54, 1.807) is 23.5 Å². The number of rotatable bonds is 5. The molecule has 122 valence electrons. The van der Waals surface area contributed by atoms with Gasteiger partial charge in [-0.3, -0.25) is 15.0 Å². The highest BCUT2D eigenvalue weighted by molar-refractivity contribution is 7.10. The summed E-state index contributed by atoms with van der Waals surface area (Å²) in [5.41, 5.74) is 0.568. The molecule has 1 saturated heterocycles. The van der Waals surface area contributed by atoms with Crippen molar-refractivity contribution in [3.63, 3.8) is 0 Å². The van der Waals surface area contributed by atoms with Crippen LogP contribution in [0.4, 0.5) is 5.69 Å². The molecule has 2 heterocycles. The second-order valence-corrected chi connectivity index (χ2v) is 6.48. The topological polar surface area (TPSA) is 75.8 Å². The monoisotopic (exact) mass is 334 g/mol. The molecule has 0 spiro atoms. The Kier molecular flexibility index (Phi) is 5.02. The van der Waals surface area contributed by atoms with Gasteiger partial charge in [0.1, 0.15) is 6.10 Å². The number of nitro benzene ring substituents is 1. The van der Waals surface area contributed by atoms with Crippen LogP contribution in [0.3, 0.4) is 0 Å². The van der Waals surface area contributed by atoms with Crippen LogP contribution < -0.4 is 0 Å². The van der Waals surface area contributed by atoms with Crippen LogP contribution in [0.1, 0.15) is 22.6 Å². The van der Waals surface area contributed by atoms with E-state index < -0.39 is 11.0 Å². The minimum absolute atomic E-state index is 0.00000965. The summed E-state index contributed by atoms with van der Waals surface area (Å²) < 4.78 is 5.79. The molecule has 3 rings (SSSR count). The first kappa shape index (κ1) is 16.1. The molecule has 7 heteroatoms. The number of nitrogens with zero attached hydrogens (tertiary/aromatic N) is 2. The van der Waals surface area contributed by atoms with Crippen LogP contribution in [0, 0.1) is 10.1 Å². The summed E-state index contributed by atoms with van der Waals surface area (Å²) in [5.74, 6) is 0. The van der Waals surface area contributed by atoms with Crippen molar-refractivity contribution in [1.82, 2.24) is 4.90 Å². The first-order valence-electron chi connectivity index (χ1n) is 7.43. The summed E-state index contributed by atoms with van der Waals surface area (Å²) in [6.07, 6.45) is -0.724. The van der Waals surface area contributed by atoms with Crippen LogP contribution in [0.2, 0.25) is 0 Å². The Morgan fingerprint density at radius 1 is 1.43 bits per heavy atom. The number of morpholine rings is 1. The highest BCUT2D eigenvalue weighted by Crippen LogP contribution is 2.27. The molecule has 0 amide bonds. The van der Waals surface area contributed by atoms with Gasteiger partial charge < -0.3 is 9.84 Å². The van der Waals surface area contributed by atoms with Crippen LogP contribution in [0.25, 0.3) is 0 Å². The second-order valence-electron chi connectivity index (χ2n) is 5.50. The van der Waals surface area contributed by atoms with Gasteiger partial charge in [-0.15, -0.1) is 11.3 Å². The highest BCUT2D eigenvalue weighted by Gasteiger charge is 2.25. The molecule has 0 aliphatic carbocycles. The van der Waals surface area contributed by atoms with E-state index in [1.807, 2.05) is 11.4 Å². The van der Waals surface area contributed by atoms with Crippen molar-refractivity contribution in [2.75, 3.05) is 26.2 Å². The molecule has 1 fully saturated rings. The van der Waals surface area contributed by atoms with Gasteiger partial charge in [-0.05, 0) is 17.0 Å². The molecule has 2 atom stereocenters. The van der Waals surface area contributed by atoms with E-state index in [2.05, 4.69) is 11.0 Å². The van der Waals surface area contributed by atoms with Crippen molar-refractivity contribution in [3.05, 3.63) is 62.3 Å². The summed E-state index contributed by atoms with van der Waals surface area (Å²) in [6.45, 7) is 2.51. The van der Waals surface area contributed by atoms with E-state index >= 15 is 0 Å². The van der Waals surface area contributed by atoms with E-state index in [1.165, 1.54) is 17.0 Å². The van der Waals surface area contributed by atoms with Gasteiger partial charge in [0.2, 0.25) is 0 Å². The van der Waals surface area contributed by atoms with Gasteiger partial charge in [0.25, 0.3) is 5.69 Å². The summed E-state index contributed by atoms with van der Waals surface area (Å²) >= 11 is 1.66. The molecular formula is C16H18N2O4S. The molecule has 0 radical (unpaired) electrons. The largest absolute Gasteiger partial charge is 0.387 e. The number of hydrogen-bond donors (Lipinski definition) is 1. The maximum Gasteiger partial charge on any atom is 0.269 e. The van der Waals surface area contributed by atoms with Gasteiger partial charge in [-0.1, -0.05) is 18.2 Å². The van der Waals surface area contributed by atoms with Gasteiger partial charge in [0.15, 0.2) is 0 Å². The van der Waals surface area contributed by atoms with Crippen molar-refractivity contribution in [2.45, 2.75) is 12.2 Å². The van der Waals surface area contributed by atoms with E-state index in [0.717, 1.165) is 6.54 Å². The zero-order valence-electron chi connectivity index (χ0n) is 12.5. The van der Waals surface area contributed by atoms with Gasteiger partial charge >= 0.3 is 0 Å². The number of hydrogen-bond acceptors (Lipinski definition) is 6.